The fraction of sp³-hybridized carbons (Fsp3) is 0.545. The zero-order chi connectivity index (χ0) is 10.6. The van der Waals surface area contributed by atoms with Crippen LogP contribution in [0.15, 0.2) is 24.7 Å². The minimum absolute atomic E-state index is 0.153. The van der Waals surface area contributed by atoms with Crippen LogP contribution in [0.5, 0.6) is 0 Å². The molecule has 0 aromatic heterocycles. The second-order valence-electron chi connectivity index (χ2n) is 3.46. The van der Waals surface area contributed by atoms with Gasteiger partial charge in [0.2, 0.25) is 0 Å². The van der Waals surface area contributed by atoms with E-state index in [2.05, 4.69) is 13.2 Å². The van der Waals surface area contributed by atoms with Crippen molar-refractivity contribution in [3.63, 3.8) is 0 Å². The van der Waals surface area contributed by atoms with Gasteiger partial charge in [-0.05, 0) is 12.8 Å². The Balaban J connectivity index is 2.40. The van der Waals surface area contributed by atoms with E-state index in [0.717, 1.165) is 12.8 Å². The van der Waals surface area contributed by atoms with Crippen molar-refractivity contribution in [2.45, 2.75) is 26.2 Å². The van der Waals surface area contributed by atoms with Gasteiger partial charge < -0.3 is 9.47 Å². The highest BCUT2D eigenvalue weighted by atomic mass is 16.5. The van der Waals surface area contributed by atoms with Gasteiger partial charge in [-0.15, -0.1) is 0 Å². The second kappa shape index (κ2) is 4.84. The van der Waals surface area contributed by atoms with E-state index in [0.29, 0.717) is 24.5 Å². The molecule has 78 valence electrons. The predicted molar refractivity (Wildman–Crippen MR) is 53.3 cm³/mol. The van der Waals surface area contributed by atoms with Crippen molar-refractivity contribution in [2.24, 2.45) is 5.92 Å². The third-order valence-corrected chi connectivity index (χ3v) is 2.08. The minimum Gasteiger partial charge on any atom is -0.467 e. The summed E-state index contributed by atoms with van der Waals surface area (Å²) in [4.78, 5) is 11.2. The Bertz CT molecular complexity index is 239. The number of hydrogen-bond acceptors (Lipinski definition) is 3. The highest BCUT2D eigenvalue weighted by molar-refractivity contribution is 5.69. The number of ether oxygens (including phenoxy) is 2. The van der Waals surface area contributed by atoms with Gasteiger partial charge in [-0.1, -0.05) is 13.2 Å². The summed E-state index contributed by atoms with van der Waals surface area (Å²) in [7, 11) is 0. The predicted octanol–water partition coefficient (Wildman–Crippen LogP) is 2.39. The highest BCUT2D eigenvalue weighted by Crippen LogP contribution is 2.30. The van der Waals surface area contributed by atoms with Crippen LogP contribution in [0.4, 0.5) is 0 Å². The van der Waals surface area contributed by atoms with Gasteiger partial charge in [-0.2, -0.15) is 0 Å². The Morgan fingerprint density at radius 1 is 1.50 bits per heavy atom. The van der Waals surface area contributed by atoms with Crippen LogP contribution in [0.1, 0.15) is 26.2 Å². The van der Waals surface area contributed by atoms with Crippen molar-refractivity contribution in [1.29, 1.82) is 0 Å². The lowest BCUT2D eigenvalue weighted by Crippen LogP contribution is -2.17. The summed E-state index contributed by atoms with van der Waals surface area (Å²) < 4.78 is 10.1. The maximum Gasteiger partial charge on any atom is 0.306 e. The van der Waals surface area contributed by atoms with Gasteiger partial charge in [0.05, 0.1) is 18.1 Å². The van der Waals surface area contributed by atoms with E-state index in [-0.39, 0.29) is 11.9 Å². The Morgan fingerprint density at radius 2 is 2.07 bits per heavy atom. The summed E-state index contributed by atoms with van der Waals surface area (Å²) in [5.41, 5.74) is 0. The largest absolute Gasteiger partial charge is 0.467 e. The monoisotopic (exact) mass is 196 g/mol. The molecule has 1 fully saturated rings. The maximum absolute atomic E-state index is 11.2. The van der Waals surface area contributed by atoms with Gasteiger partial charge in [-0.25, -0.2) is 0 Å². The van der Waals surface area contributed by atoms with Gasteiger partial charge in [0.15, 0.2) is 0 Å². The molecule has 0 aromatic carbocycles. The average molecular weight is 196 g/mol. The number of esters is 1. The van der Waals surface area contributed by atoms with E-state index >= 15 is 0 Å². The summed E-state index contributed by atoms with van der Waals surface area (Å²) in [6.45, 7) is 9.71. The van der Waals surface area contributed by atoms with Crippen molar-refractivity contribution in [3.05, 3.63) is 24.7 Å². The number of rotatable bonds is 3. The van der Waals surface area contributed by atoms with E-state index in [1.54, 1.807) is 6.92 Å². The Labute approximate surface area is 84.4 Å². The Kier molecular flexibility index (Phi) is 3.74. The minimum atomic E-state index is -0.153. The van der Waals surface area contributed by atoms with Crippen LogP contribution in [0, 0.1) is 5.92 Å². The zero-order valence-electron chi connectivity index (χ0n) is 8.54. The molecule has 3 heteroatoms. The molecule has 0 bridgehead atoms. The molecule has 0 saturated carbocycles. The lowest BCUT2D eigenvalue weighted by Gasteiger charge is -2.24. The quantitative estimate of drug-likeness (QED) is 0.650. The Morgan fingerprint density at radius 3 is 2.57 bits per heavy atom. The molecule has 0 unspecified atom stereocenters. The fourth-order valence-corrected chi connectivity index (χ4v) is 1.60. The summed E-state index contributed by atoms with van der Waals surface area (Å²) in [5.74, 6) is 1.47. The number of carbonyl (C=O) groups is 1. The van der Waals surface area contributed by atoms with Gasteiger partial charge in [0.1, 0.15) is 0 Å². The fourth-order valence-electron chi connectivity index (χ4n) is 1.60. The molecule has 1 aliphatic heterocycles. The molecule has 0 spiro atoms. The lowest BCUT2D eigenvalue weighted by molar-refractivity contribution is -0.144. The van der Waals surface area contributed by atoms with Crippen LogP contribution >= 0.6 is 0 Å². The normalized spacial score (nSPS) is 17.8. The van der Waals surface area contributed by atoms with E-state index < -0.39 is 0 Å². The van der Waals surface area contributed by atoms with Gasteiger partial charge in [0, 0.05) is 19.3 Å². The standard InChI is InChI=1S/C11H16O3/c1-4-13-11(12)7-10-5-8(2)14-9(3)6-10/h10H,2-7H2,1H3. The molecule has 0 N–H and O–H groups in total. The topological polar surface area (TPSA) is 35.5 Å². The molecule has 0 radical (unpaired) electrons. The first-order valence-electron chi connectivity index (χ1n) is 4.80. The van der Waals surface area contributed by atoms with E-state index in [1.165, 1.54) is 0 Å². The Hall–Kier alpha value is -1.25. The van der Waals surface area contributed by atoms with Crippen LogP contribution in [0.2, 0.25) is 0 Å². The molecule has 1 heterocycles. The second-order valence-corrected chi connectivity index (χ2v) is 3.46. The molecular weight excluding hydrogens is 180 g/mol. The molecule has 0 amide bonds. The first-order valence-corrected chi connectivity index (χ1v) is 4.80. The molecule has 14 heavy (non-hydrogen) atoms. The lowest BCUT2D eigenvalue weighted by atomic mass is 9.94. The van der Waals surface area contributed by atoms with Crippen LogP contribution in [0.3, 0.4) is 0 Å². The zero-order valence-corrected chi connectivity index (χ0v) is 8.54. The molecule has 1 rings (SSSR count). The number of allylic oxidation sites excluding steroid dienone is 2. The molecule has 1 aliphatic rings. The molecule has 0 aliphatic carbocycles. The molecule has 0 atom stereocenters. The summed E-state index contributed by atoms with van der Waals surface area (Å²) in [5, 5.41) is 0. The van der Waals surface area contributed by atoms with E-state index in [9.17, 15) is 4.79 Å². The summed E-state index contributed by atoms with van der Waals surface area (Å²) >= 11 is 0. The van der Waals surface area contributed by atoms with E-state index in [1.807, 2.05) is 0 Å². The van der Waals surface area contributed by atoms with E-state index in [4.69, 9.17) is 9.47 Å². The first kappa shape index (κ1) is 10.8. The van der Waals surface area contributed by atoms with Crippen molar-refractivity contribution in [2.75, 3.05) is 6.61 Å². The molecule has 1 saturated heterocycles. The van der Waals surface area contributed by atoms with Crippen molar-refractivity contribution in [3.8, 4) is 0 Å². The van der Waals surface area contributed by atoms with Crippen LogP contribution in [-0.2, 0) is 14.3 Å². The highest BCUT2D eigenvalue weighted by Gasteiger charge is 2.22. The van der Waals surface area contributed by atoms with Crippen LogP contribution in [-0.4, -0.2) is 12.6 Å². The van der Waals surface area contributed by atoms with Crippen molar-refractivity contribution >= 4 is 5.97 Å². The smallest absolute Gasteiger partial charge is 0.306 e. The molecule has 3 nitrogen and oxygen atoms in total. The number of carbonyl (C=O) groups excluding carboxylic acids is 1. The van der Waals surface area contributed by atoms with Gasteiger partial charge in [-0.3, -0.25) is 4.79 Å². The summed E-state index contributed by atoms with van der Waals surface area (Å²) in [6.07, 6.45) is 1.87. The molecular formula is C11H16O3. The van der Waals surface area contributed by atoms with Crippen LogP contribution < -0.4 is 0 Å². The average Bonchev–Trinajstić information content (AvgIpc) is 2.01. The summed E-state index contributed by atoms with van der Waals surface area (Å²) in [6, 6.07) is 0. The first-order chi connectivity index (χ1) is 6.61. The van der Waals surface area contributed by atoms with Crippen molar-refractivity contribution in [1.82, 2.24) is 0 Å². The third-order valence-electron chi connectivity index (χ3n) is 2.08. The van der Waals surface area contributed by atoms with Crippen LogP contribution in [0.25, 0.3) is 0 Å². The number of hydrogen-bond donors (Lipinski definition) is 0. The molecule has 0 aromatic rings. The van der Waals surface area contributed by atoms with Gasteiger partial charge in [0.25, 0.3) is 0 Å². The van der Waals surface area contributed by atoms with Crippen molar-refractivity contribution < 1.29 is 14.3 Å². The van der Waals surface area contributed by atoms with Gasteiger partial charge >= 0.3 is 5.97 Å². The SMILES string of the molecule is C=C1CC(CC(=O)OCC)CC(=C)O1. The maximum atomic E-state index is 11.2. The third kappa shape index (κ3) is 3.24.